The fourth-order valence-corrected chi connectivity index (χ4v) is 1.99. The van der Waals surface area contributed by atoms with Gasteiger partial charge in [-0.25, -0.2) is 10.0 Å². The van der Waals surface area contributed by atoms with Gasteiger partial charge in [-0.3, -0.25) is 11.7 Å². The molecule has 0 radical (unpaired) electrons. The van der Waals surface area contributed by atoms with Crippen LogP contribution in [0.4, 0.5) is 0 Å². The number of hydrazine groups is 2. The SMILES string of the molecule is NN1CCC(CN(N)C2CC2)CC1. The molecule has 0 aromatic carbocycles. The van der Waals surface area contributed by atoms with Crippen molar-refractivity contribution < 1.29 is 0 Å². The summed E-state index contributed by atoms with van der Waals surface area (Å²) in [6.45, 7) is 3.13. The van der Waals surface area contributed by atoms with Crippen LogP contribution >= 0.6 is 0 Å². The molecule has 13 heavy (non-hydrogen) atoms. The quantitative estimate of drug-likeness (QED) is 0.475. The first-order valence-electron chi connectivity index (χ1n) is 5.26. The van der Waals surface area contributed by atoms with E-state index in [-0.39, 0.29) is 0 Å². The van der Waals surface area contributed by atoms with Crippen LogP contribution in [0.2, 0.25) is 0 Å². The van der Waals surface area contributed by atoms with E-state index in [0.717, 1.165) is 25.6 Å². The van der Waals surface area contributed by atoms with E-state index >= 15 is 0 Å². The maximum Gasteiger partial charge on any atom is 0.0242 e. The second-order valence-corrected chi connectivity index (χ2v) is 4.41. The fraction of sp³-hybridized carbons (Fsp3) is 1.00. The molecule has 0 unspecified atom stereocenters. The van der Waals surface area contributed by atoms with E-state index in [9.17, 15) is 0 Å². The van der Waals surface area contributed by atoms with Crippen LogP contribution in [0, 0.1) is 5.92 Å². The standard InChI is InChI=1S/C9H20N4/c10-12-5-3-8(4-6-12)7-13(11)9-1-2-9/h8-9H,1-7,10-11H2. The zero-order chi connectivity index (χ0) is 9.26. The van der Waals surface area contributed by atoms with Crippen LogP contribution in [-0.2, 0) is 0 Å². The molecule has 0 bridgehead atoms. The summed E-state index contributed by atoms with van der Waals surface area (Å²) in [5.41, 5.74) is 0. The summed E-state index contributed by atoms with van der Waals surface area (Å²) in [5, 5.41) is 3.95. The Morgan fingerprint density at radius 3 is 2.31 bits per heavy atom. The fourth-order valence-electron chi connectivity index (χ4n) is 1.99. The molecule has 1 heterocycles. The summed E-state index contributed by atoms with van der Waals surface area (Å²) in [4.78, 5) is 0. The highest BCUT2D eigenvalue weighted by Gasteiger charge is 2.29. The second-order valence-electron chi connectivity index (χ2n) is 4.41. The molecule has 2 aliphatic rings. The number of piperidine rings is 1. The average Bonchev–Trinajstić information content (AvgIpc) is 2.91. The van der Waals surface area contributed by atoms with Gasteiger partial charge in [0.25, 0.3) is 0 Å². The van der Waals surface area contributed by atoms with Gasteiger partial charge in [-0.2, -0.15) is 0 Å². The minimum atomic E-state index is 0.691. The van der Waals surface area contributed by atoms with Gasteiger partial charge in [0.15, 0.2) is 0 Å². The normalized spacial score (nSPS) is 27.0. The van der Waals surface area contributed by atoms with Gasteiger partial charge >= 0.3 is 0 Å². The van der Waals surface area contributed by atoms with Crippen molar-refractivity contribution in [3.8, 4) is 0 Å². The Morgan fingerprint density at radius 2 is 1.77 bits per heavy atom. The van der Waals surface area contributed by atoms with Crippen LogP contribution in [0.3, 0.4) is 0 Å². The van der Waals surface area contributed by atoms with Crippen LogP contribution in [0.15, 0.2) is 0 Å². The molecule has 1 aliphatic carbocycles. The molecule has 4 nitrogen and oxygen atoms in total. The van der Waals surface area contributed by atoms with Gasteiger partial charge in [0, 0.05) is 25.7 Å². The zero-order valence-electron chi connectivity index (χ0n) is 8.15. The molecule has 4 heteroatoms. The molecule has 1 saturated heterocycles. The van der Waals surface area contributed by atoms with Crippen LogP contribution in [-0.4, -0.2) is 35.7 Å². The molecule has 76 valence electrons. The van der Waals surface area contributed by atoms with Crippen LogP contribution in [0.25, 0.3) is 0 Å². The predicted octanol–water partition coefficient (Wildman–Crippen LogP) is -0.0898. The summed E-state index contributed by atoms with van der Waals surface area (Å²) >= 11 is 0. The van der Waals surface area contributed by atoms with E-state index in [1.54, 1.807) is 0 Å². The molecule has 0 atom stereocenters. The first kappa shape index (κ1) is 9.40. The Labute approximate surface area is 79.8 Å². The molecular weight excluding hydrogens is 164 g/mol. The summed E-state index contributed by atoms with van der Waals surface area (Å²) in [6, 6.07) is 0.691. The summed E-state index contributed by atoms with van der Waals surface area (Å²) < 4.78 is 0. The number of rotatable bonds is 3. The van der Waals surface area contributed by atoms with Crippen molar-refractivity contribution in [1.82, 2.24) is 10.0 Å². The topological polar surface area (TPSA) is 58.5 Å². The predicted molar refractivity (Wildman–Crippen MR) is 52.4 cm³/mol. The molecule has 0 spiro atoms. The monoisotopic (exact) mass is 184 g/mol. The third kappa shape index (κ3) is 2.64. The molecule has 0 amide bonds. The second kappa shape index (κ2) is 3.92. The Balaban J connectivity index is 1.69. The van der Waals surface area contributed by atoms with Crippen molar-refractivity contribution in [3.63, 3.8) is 0 Å². The van der Waals surface area contributed by atoms with Gasteiger partial charge in [-0.15, -0.1) is 0 Å². The largest absolute Gasteiger partial charge is 0.269 e. The Kier molecular flexibility index (Phi) is 2.83. The first-order chi connectivity index (χ1) is 6.25. The highest BCUT2D eigenvalue weighted by atomic mass is 15.4. The molecule has 1 aliphatic heterocycles. The van der Waals surface area contributed by atoms with Crippen LogP contribution in [0.1, 0.15) is 25.7 Å². The Hall–Kier alpha value is -0.160. The van der Waals surface area contributed by atoms with Crippen molar-refractivity contribution in [1.29, 1.82) is 0 Å². The van der Waals surface area contributed by atoms with Crippen LogP contribution in [0.5, 0.6) is 0 Å². The molecule has 2 fully saturated rings. The van der Waals surface area contributed by atoms with Crippen molar-refractivity contribution in [2.24, 2.45) is 17.6 Å². The Bertz CT molecular complexity index is 161. The number of hydrogen-bond donors (Lipinski definition) is 2. The lowest BCUT2D eigenvalue weighted by Gasteiger charge is -2.31. The van der Waals surface area contributed by atoms with Gasteiger partial charge in [0.05, 0.1) is 0 Å². The molecule has 0 aromatic rings. The summed E-state index contributed by atoms with van der Waals surface area (Å²) in [7, 11) is 0. The first-order valence-corrected chi connectivity index (χ1v) is 5.26. The highest BCUT2D eigenvalue weighted by Crippen LogP contribution is 2.26. The van der Waals surface area contributed by atoms with E-state index in [2.05, 4.69) is 0 Å². The van der Waals surface area contributed by atoms with E-state index < -0.39 is 0 Å². The van der Waals surface area contributed by atoms with Gasteiger partial charge in [-0.05, 0) is 31.6 Å². The maximum absolute atomic E-state index is 5.93. The van der Waals surface area contributed by atoms with E-state index in [1.165, 1.54) is 25.7 Å². The van der Waals surface area contributed by atoms with Crippen molar-refractivity contribution >= 4 is 0 Å². The lowest BCUT2D eigenvalue weighted by atomic mass is 9.97. The smallest absolute Gasteiger partial charge is 0.0242 e. The lowest BCUT2D eigenvalue weighted by molar-refractivity contribution is 0.141. The molecule has 1 saturated carbocycles. The molecule has 2 rings (SSSR count). The number of hydrogen-bond acceptors (Lipinski definition) is 4. The van der Waals surface area contributed by atoms with Gasteiger partial charge in [0.1, 0.15) is 0 Å². The van der Waals surface area contributed by atoms with Gasteiger partial charge in [-0.1, -0.05) is 0 Å². The third-order valence-corrected chi connectivity index (χ3v) is 3.13. The van der Waals surface area contributed by atoms with Crippen molar-refractivity contribution in [3.05, 3.63) is 0 Å². The van der Waals surface area contributed by atoms with Crippen molar-refractivity contribution in [2.45, 2.75) is 31.7 Å². The van der Waals surface area contributed by atoms with E-state index in [4.69, 9.17) is 11.7 Å². The third-order valence-electron chi connectivity index (χ3n) is 3.13. The van der Waals surface area contributed by atoms with E-state index in [1.807, 2.05) is 10.0 Å². The number of nitrogens with zero attached hydrogens (tertiary/aromatic N) is 2. The van der Waals surface area contributed by atoms with Gasteiger partial charge in [0.2, 0.25) is 0 Å². The lowest BCUT2D eigenvalue weighted by Crippen LogP contribution is -2.44. The molecule has 0 aromatic heterocycles. The Morgan fingerprint density at radius 1 is 1.15 bits per heavy atom. The van der Waals surface area contributed by atoms with Crippen molar-refractivity contribution in [2.75, 3.05) is 19.6 Å². The summed E-state index contributed by atoms with van der Waals surface area (Å²) in [6.07, 6.45) is 5.01. The van der Waals surface area contributed by atoms with Crippen LogP contribution < -0.4 is 11.7 Å². The highest BCUT2D eigenvalue weighted by molar-refractivity contribution is 4.83. The summed E-state index contributed by atoms with van der Waals surface area (Å²) in [5.74, 6) is 12.4. The minimum absolute atomic E-state index is 0.691. The molecular formula is C9H20N4. The average molecular weight is 184 g/mol. The molecule has 4 N–H and O–H groups in total. The zero-order valence-corrected chi connectivity index (χ0v) is 8.15. The van der Waals surface area contributed by atoms with Gasteiger partial charge < -0.3 is 0 Å². The minimum Gasteiger partial charge on any atom is -0.269 e. The number of nitrogens with two attached hydrogens (primary N) is 2. The van der Waals surface area contributed by atoms with E-state index in [0.29, 0.717) is 6.04 Å². The maximum atomic E-state index is 5.93.